The zero-order valence-electron chi connectivity index (χ0n) is 14.9. The number of nitrogens with one attached hydrogen (secondary N) is 2. The second-order valence-electron chi connectivity index (χ2n) is 5.83. The fourth-order valence-electron chi connectivity index (χ4n) is 2.52. The average Bonchev–Trinajstić information content (AvgIpc) is 2.58. The molecule has 0 saturated heterocycles. The van der Waals surface area contributed by atoms with Gasteiger partial charge in [0.15, 0.2) is 5.96 Å². The molecule has 0 radical (unpaired) electrons. The molecule has 0 saturated carbocycles. The second-order valence-corrected chi connectivity index (χ2v) is 6.26. The Morgan fingerprint density at radius 1 is 1.08 bits per heavy atom. The van der Waals surface area contributed by atoms with E-state index in [0.29, 0.717) is 6.54 Å². The highest BCUT2D eigenvalue weighted by atomic mass is 127. The normalized spacial score (nSPS) is 12.4. The Morgan fingerprint density at radius 3 is 2.40 bits per heavy atom. The molecule has 6 heteroatoms. The molecule has 0 aliphatic rings. The molecule has 0 bridgehead atoms. The van der Waals surface area contributed by atoms with Crippen LogP contribution in [0.2, 0.25) is 5.02 Å². The molecule has 2 aromatic rings. The molecule has 0 heterocycles. The zero-order valence-corrected chi connectivity index (χ0v) is 18.0. The summed E-state index contributed by atoms with van der Waals surface area (Å²) in [6.07, 6.45) is 0. The molecule has 1 atom stereocenters. The summed E-state index contributed by atoms with van der Waals surface area (Å²) in [4.78, 5) is 6.49. The largest absolute Gasteiger partial charge is 0.354 e. The third-order valence-electron chi connectivity index (χ3n) is 3.84. The topological polar surface area (TPSA) is 39.7 Å². The van der Waals surface area contributed by atoms with Crippen molar-refractivity contribution in [3.05, 3.63) is 70.7 Å². The number of hydrogen-bond donors (Lipinski definition) is 2. The van der Waals surface area contributed by atoms with Gasteiger partial charge in [-0.25, -0.2) is 0 Å². The van der Waals surface area contributed by atoms with Gasteiger partial charge < -0.3 is 15.5 Å². The Kier molecular flexibility index (Phi) is 9.85. The van der Waals surface area contributed by atoms with Crippen LogP contribution in [0.4, 0.5) is 0 Å². The maximum Gasteiger partial charge on any atom is 0.191 e. The summed E-state index contributed by atoms with van der Waals surface area (Å²) < 4.78 is 0. The van der Waals surface area contributed by atoms with E-state index in [2.05, 4.69) is 58.9 Å². The highest BCUT2D eigenvalue weighted by Gasteiger charge is 2.14. The van der Waals surface area contributed by atoms with E-state index in [9.17, 15) is 0 Å². The minimum atomic E-state index is 0. The predicted molar refractivity (Wildman–Crippen MR) is 118 cm³/mol. The molecule has 25 heavy (non-hydrogen) atoms. The first-order chi connectivity index (χ1) is 11.6. The lowest BCUT2D eigenvalue weighted by Crippen LogP contribution is -2.41. The molecule has 2 N–H and O–H groups in total. The number of halogens is 2. The summed E-state index contributed by atoms with van der Waals surface area (Å²) in [6, 6.07) is 18.6. The Bertz CT molecular complexity index is 661. The van der Waals surface area contributed by atoms with Crippen molar-refractivity contribution in [2.45, 2.75) is 12.6 Å². The molecule has 1 unspecified atom stereocenters. The van der Waals surface area contributed by atoms with Crippen molar-refractivity contribution in [3.63, 3.8) is 0 Å². The Hall–Kier alpha value is -1.31. The van der Waals surface area contributed by atoms with Gasteiger partial charge in [-0.05, 0) is 37.4 Å². The molecule has 4 nitrogen and oxygen atoms in total. The molecule has 136 valence electrons. The van der Waals surface area contributed by atoms with Gasteiger partial charge in [0.25, 0.3) is 0 Å². The molecule has 2 aromatic carbocycles. The van der Waals surface area contributed by atoms with Crippen LogP contribution in [-0.2, 0) is 6.54 Å². The van der Waals surface area contributed by atoms with E-state index in [1.54, 1.807) is 7.05 Å². The van der Waals surface area contributed by atoms with Crippen LogP contribution in [0.3, 0.4) is 0 Å². The van der Waals surface area contributed by atoms with E-state index < -0.39 is 0 Å². The van der Waals surface area contributed by atoms with Crippen LogP contribution in [0.25, 0.3) is 0 Å². The van der Waals surface area contributed by atoms with E-state index in [0.717, 1.165) is 23.1 Å². The molecule has 0 aliphatic heterocycles. The summed E-state index contributed by atoms with van der Waals surface area (Å²) in [5, 5.41) is 7.46. The number of guanidine groups is 1. The van der Waals surface area contributed by atoms with Crippen molar-refractivity contribution in [1.82, 2.24) is 15.5 Å². The number of hydrogen-bond acceptors (Lipinski definition) is 2. The lowest BCUT2D eigenvalue weighted by molar-refractivity contribution is 0.298. The minimum absolute atomic E-state index is 0. The van der Waals surface area contributed by atoms with E-state index in [4.69, 9.17) is 11.6 Å². The van der Waals surface area contributed by atoms with Crippen LogP contribution < -0.4 is 10.6 Å². The first-order valence-electron chi connectivity index (χ1n) is 8.00. The van der Waals surface area contributed by atoms with Crippen LogP contribution >= 0.6 is 35.6 Å². The molecule has 0 aliphatic carbocycles. The van der Waals surface area contributed by atoms with Crippen LogP contribution in [-0.4, -0.2) is 38.5 Å². The molecular formula is C19H26ClIN4. The second kappa shape index (κ2) is 11.3. The summed E-state index contributed by atoms with van der Waals surface area (Å²) in [5.74, 6) is 0.776. The average molecular weight is 473 g/mol. The molecule has 0 aromatic heterocycles. The Balaban J connectivity index is 0.00000312. The molecule has 0 fully saturated rings. The van der Waals surface area contributed by atoms with Crippen molar-refractivity contribution < 1.29 is 0 Å². The van der Waals surface area contributed by atoms with Gasteiger partial charge in [0.2, 0.25) is 0 Å². The highest BCUT2D eigenvalue weighted by Crippen LogP contribution is 2.16. The molecular weight excluding hydrogens is 447 g/mol. The Labute approximate surface area is 172 Å². The van der Waals surface area contributed by atoms with Crippen molar-refractivity contribution in [3.8, 4) is 0 Å². The van der Waals surface area contributed by atoms with E-state index in [-0.39, 0.29) is 30.0 Å². The van der Waals surface area contributed by atoms with Gasteiger partial charge in [0, 0.05) is 25.2 Å². The third-order valence-corrected chi connectivity index (χ3v) is 4.08. The van der Waals surface area contributed by atoms with Gasteiger partial charge in [-0.1, -0.05) is 54.1 Å². The highest BCUT2D eigenvalue weighted by molar-refractivity contribution is 14.0. The first kappa shape index (κ1) is 21.7. The lowest BCUT2D eigenvalue weighted by atomic mass is 10.1. The van der Waals surface area contributed by atoms with Gasteiger partial charge in [-0.2, -0.15) is 0 Å². The maximum atomic E-state index is 6.02. The number of aliphatic imine (C=N–C) groups is 1. The number of benzene rings is 2. The van der Waals surface area contributed by atoms with Crippen LogP contribution in [0, 0.1) is 0 Å². The number of nitrogens with zero attached hydrogens (tertiary/aromatic N) is 2. The fraction of sp³-hybridized carbons (Fsp3) is 0.316. The van der Waals surface area contributed by atoms with Crippen LogP contribution in [0.5, 0.6) is 0 Å². The van der Waals surface area contributed by atoms with Crippen LogP contribution in [0.1, 0.15) is 17.2 Å². The Morgan fingerprint density at radius 2 is 1.80 bits per heavy atom. The fourth-order valence-corrected chi connectivity index (χ4v) is 2.73. The lowest BCUT2D eigenvalue weighted by Gasteiger charge is -2.26. The first-order valence-corrected chi connectivity index (χ1v) is 8.38. The van der Waals surface area contributed by atoms with Gasteiger partial charge in [0.05, 0.1) is 6.04 Å². The van der Waals surface area contributed by atoms with Crippen molar-refractivity contribution in [2.24, 2.45) is 4.99 Å². The summed E-state index contributed by atoms with van der Waals surface area (Å²) in [7, 11) is 5.95. The molecule has 2 rings (SSSR count). The van der Waals surface area contributed by atoms with Crippen molar-refractivity contribution in [2.75, 3.05) is 27.7 Å². The van der Waals surface area contributed by atoms with Crippen molar-refractivity contribution >= 4 is 41.5 Å². The van der Waals surface area contributed by atoms with E-state index in [1.807, 2.05) is 30.3 Å². The number of rotatable bonds is 6. The smallest absolute Gasteiger partial charge is 0.191 e. The minimum Gasteiger partial charge on any atom is -0.354 e. The summed E-state index contributed by atoms with van der Waals surface area (Å²) >= 11 is 6.02. The zero-order chi connectivity index (χ0) is 17.4. The summed E-state index contributed by atoms with van der Waals surface area (Å²) in [5.41, 5.74) is 2.40. The standard InChI is InChI=1S/C19H25ClN4.HI/c1-21-19(22-13-15-8-7-11-17(20)12-15)23-14-18(24(2)3)16-9-5-4-6-10-16;/h4-12,18H,13-14H2,1-3H3,(H2,21,22,23);1H. The number of likely N-dealkylation sites (N-methyl/N-ethyl adjacent to an activating group) is 1. The van der Waals surface area contributed by atoms with Gasteiger partial charge in [-0.3, -0.25) is 4.99 Å². The quantitative estimate of drug-likeness (QED) is 0.380. The van der Waals surface area contributed by atoms with Gasteiger partial charge >= 0.3 is 0 Å². The summed E-state index contributed by atoms with van der Waals surface area (Å²) in [6.45, 7) is 1.45. The van der Waals surface area contributed by atoms with Crippen molar-refractivity contribution in [1.29, 1.82) is 0 Å². The van der Waals surface area contributed by atoms with E-state index >= 15 is 0 Å². The van der Waals surface area contributed by atoms with Gasteiger partial charge in [0.1, 0.15) is 0 Å². The third kappa shape index (κ3) is 7.22. The SMILES string of the molecule is CN=C(NCc1cccc(Cl)c1)NCC(c1ccccc1)N(C)C.I. The van der Waals surface area contributed by atoms with Crippen LogP contribution in [0.15, 0.2) is 59.6 Å². The van der Waals surface area contributed by atoms with E-state index in [1.165, 1.54) is 5.56 Å². The maximum absolute atomic E-state index is 6.02. The molecule has 0 amide bonds. The molecule has 0 spiro atoms. The monoisotopic (exact) mass is 472 g/mol. The van der Waals surface area contributed by atoms with Gasteiger partial charge in [-0.15, -0.1) is 24.0 Å². The predicted octanol–water partition coefficient (Wildman–Crippen LogP) is 3.93.